The van der Waals surface area contributed by atoms with E-state index in [1.54, 1.807) is 11.8 Å². The molecular formula is C21H22N6O. The lowest BCUT2D eigenvalue weighted by Crippen LogP contribution is -2.01. The number of aromatic nitrogens is 6. The molecule has 0 unspecified atom stereocenters. The average molecular weight is 374 g/mol. The second-order valence-electron chi connectivity index (χ2n) is 6.62. The van der Waals surface area contributed by atoms with Gasteiger partial charge in [-0.3, -0.25) is 9.36 Å². The van der Waals surface area contributed by atoms with E-state index >= 15 is 0 Å². The zero-order valence-electron chi connectivity index (χ0n) is 16.0. The highest BCUT2D eigenvalue weighted by Crippen LogP contribution is 2.25. The van der Waals surface area contributed by atoms with E-state index in [4.69, 9.17) is 4.74 Å². The van der Waals surface area contributed by atoms with Crippen LogP contribution in [0, 0.1) is 0 Å². The summed E-state index contributed by atoms with van der Waals surface area (Å²) >= 11 is 0. The molecule has 7 nitrogen and oxygen atoms in total. The third-order valence-electron chi connectivity index (χ3n) is 4.51. The van der Waals surface area contributed by atoms with Gasteiger partial charge in [-0.05, 0) is 18.1 Å². The van der Waals surface area contributed by atoms with Crippen molar-refractivity contribution in [1.82, 2.24) is 29.5 Å². The van der Waals surface area contributed by atoms with Gasteiger partial charge in [-0.2, -0.15) is 10.2 Å². The molecule has 28 heavy (non-hydrogen) atoms. The summed E-state index contributed by atoms with van der Waals surface area (Å²) in [5.74, 6) is 0.696. The van der Waals surface area contributed by atoms with Crippen LogP contribution in [-0.4, -0.2) is 43.2 Å². The number of rotatable bonds is 7. The molecule has 4 aromatic rings. The number of ether oxygens (including phenoxy) is 1. The molecule has 0 fully saturated rings. The monoisotopic (exact) mass is 374 g/mol. The zero-order chi connectivity index (χ0) is 19.3. The highest BCUT2D eigenvalue weighted by molar-refractivity contribution is 5.70. The van der Waals surface area contributed by atoms with Crippen LogP contribution < -0.4 is 0 Å². The van der Waals surface area contributed by atoms with Gasteiger partial charge in [-0.25, -0.2) is 9.97 Å². The van der Waals surface area contributed by atoms with E-state index < -0.39 is 0 Å². The Hall–Kier alpha value is -3.32. The third kappa shape index (κ3) is 3.99. The van der Waals surface area contributed by atoms with Crippen LogP contribution in [0.4, 0.5) is 0 Å². The second-order valence-corrected chi connectivity index (χ2v) is 6.62. The predicted octanol–water partition coefficient (Wildman–Crippen LogP) is 3.44. The minimum Gasteiger partial charge on any atom is -0.385 e. The Morgan fingerprint density at radius 2 is 1.61 bits per heavy atom. The van der Waals surface area contributed by atoms with Crippen molar-refractivity contribution in [1.29, 1.82) is 0 Å². The largest absolute Gasteiger partial charge is 0.385 e. The molecule has 0 bridgehead atoms. The van der Waals surface area contributed by atoms with E-state index in [0.717, 1.165) is 47.4 Å². The van der Waals surface area contributed by atoms with Gasteiger partial charge in [0.2, 0.25) is 0 Å². The Labute approximate surface area is 163 Å². The summed E-state index contributed by atoms with van der Waals surface area (Å²) < 4.78 is 8.79. The van der Waals surface area contributed by atoms with Crippen LogP contribution in [0.3, 0.4) is 0 Å². The quantitative estimate of drug-likeness (QED) is 0.464. The van der Waals surface area contributed by atoms with Crippen LogP contribution in [0.1, 0.15) is 6.42 Å². The van der Waals surface area contributed by atoms with E-state index in [0.29, 0.717) is 5.82 Å². The Balaban J connectivity index is 1.52. The molecule has 0 spiro atoms. The molecule has 4 rings (SSSR count). The molecule has 3 heterocycles. The molecule has 0 saturated carbocycles. The van der Waals surface area contributed by atoms with E-state index in [9.17, 15) is 0 Å². The third-order valence-corrected chi connectivity index (χ3v) is 4.51. The van der Waals surface area contributed by atoms with Gasteiger partial charge in [-0.1, -0.05) is 18.2 Å². The molecule has 0 amide bonds. The summed E-state index contributed by atoms with van der Waals surface area (Å²) in [6.45, 7) is 1.55. The second kappa shape index (κ2) is 8.14. The molecule has 7 heteroatoms. The maximum atomic E-state index is 5.08. The maximum absolute atomic E-state index is 5.08. The molecule has 3 aromatic heterocycles. The number of methoxy groups -OCH3 is 1. The molecule has 0 aliphatic carbocycles. The summed E-state index contributed by atoms with van der Waals surface area (Å²) in [7, 11) is 3.62. The van der Waals surface area contributed by atoms with Crippen molar-refractivity contribution in [2.75, 3.05) is 13.7 Å². The summed E-state index contributed by atoms with van der Waals surface area (Å²) in [5.41, 5.74) is 5.10. The lowest BCUT2D eigenvalue weighted by molar-refractivity contribution is 0.189. The van der Waals surface area contributed by atoms with Crippen LogP contribution in [0.5, 0.6) is 0 Å². The Morgan fingerprint density at radius 1 is 0.857 bits per heavy atom. The first-order valence-corrected chi connectivity index (χ1v) is 9.16. The van der Waals surface area contributed by atoms with Crippen molar-refractivity contribution in [2.45, 2.75) is 13.0 Å². The lowest BCUT2D eigenvalue weighted by Gasteiger charge is -2.04. The standard InChI is InChI=1S/C21H22N6O/c1-26-14-19(12-24-26)16-5-3-6-17(9-16)21-22-10-18(11-23-21)20-13-25-27(15-20)7-4-8-28-2/h3,5-6,9-15H,4,7-8H2,1-2H3. The van der Waals surface area contributed by atoms with E-state index in [2.05, 4.69) is 32.3 Å². The maximum Gasteiger partial charge on any atom is 0.159 e. The van der Waals surface area contributed by atoms with Gasteiger partial charge in [0.05, 0.1) is 12.4 Å². The van der Waals surface area contributed by atoms with E-state index in [1.807, 2.05) is 61.0 Å². The van der Waals surface area contributed by atoms with Gasteiger partial charge in [-0.15, -0.1) is 0 Å². The van der Waals surface area contributed by atoms with Crippen molar-refractivity contribution in [2.24, 2.45) is 7.05 Å². The Bertz CT molecular complexity index is 1050. The summed E-state index contributed by atoms with van der Waals surface area (Å²) in [6, 6.07) is 8.17. The molecule has 0 radical (unpaired) electrons. The van der Waals surface area contributed by atoms with Crippen molar-refractivity contribution >= 4 is 0 Å². The predicted molar refractivity (Wildman–Crippen MR) is 107 cm³/mol. The fourth-order valence-electron chi connectivity index (χ4n) is 3.04. The molecule has 0 atom stereocenters. The first-order valence-electron chi connectivity index (χ1n) is 9.16. The first-order chi connectivity index (χ1) is 13.7. The van der Waals surface area contributed by atoms with Gasteiger partial charge < -0.3 is 4.74 Å². The van der Waals surface area contributed by atoms with Crippen LogP contribution in [0.15, 0.2) is 61.4 Å². The minimum absolute atomic E-state index is 0.696. The summed E-state index contributed by atoms with van der Waals surface area (Å²) in [5, 5.41) is 8.63. The number of benzene rings is 1. The normalized spacial score (nSPS) is 11.1. The van der Waals surface area contributed by atoms with Crippen LogP contribution >= 0.6 is 0 Å². The number of aryl methyl sites for hydroxylation is 2. The van der Waals surface area contributed by atoms with Crippen LogP contribution in [0.2, 0.25) is 0 Å². The van der Waals surface area contributed by atoms with Gasteiger partial charge in [0.25, 0.3) is 0 Å². The average Bonchev–Trinajstić information content (AvgIpc) is 3.38. The summed E-state index contributed by atoms with van der Waals surface area (Å²) in [4.78, 5) is 9.12. The minimum atomic E-state index is 0.696. The number of hydrogen-bond acceptors (Lipinski definition) is 5. The van der Waals surface area contributed by atoms with Gasteiger partial charge in [0, 0.05) is 74.4 Å². The van der Waals surface area contributed by atoms with Crippen molar-refractivity contribution in [3.05, 3.63) is 61.4 Å². The molecular weight excluding hydrogens is 352 g/mol. The van der Waals surface area contributed by atoms with Crippen molar-refractivity contribution < 1.29 is 4.74 Å². The molecule has 0 aliphatic rings. The Morgan fingerprint density at radius 3 is 2.36 bits per heavy atom. The molecule has 142 valence electrons. The highest BCUT2D eigenvalue weighted by atomic mass is 16.5. The molecule has 0 aliphatic heterocycles. The van der Waals surface area contributed by atoms with Crippen LogP contribution in [0.25, 0.3) is 33.6 Å². The lowest BCUT2D eigenvalue weighted by atomic mass is 10.1. The number of nitrogens with zero attached hydrogens (tertiary/aromatic N) is 6. The molecule has 1 aromatic carbocycles. The Kier molecular flexibility index (Phi) is 5.25. The summed E-state index contributed by atoms with van der Waals surface area (Å²) in [6.07, 6.45) is 12.3. The van der Waals surface area contributed by atoms with E-state index in [-0.39, 0.29) is 0 Å². The fourth-order valence-corrected chi connectivity index (χ4v) is 3.04. The van der Waals surface area contributed by atoms with Gasteiger partial charge >= 0.3 is 0 Å². The van der Waals surface area contributed by atoms with Gasteiger partial charge in [0.15, 0.2) is 5.82 Å². The van der Waals surface area contributed by atoms with Crippen molar-refractivity contribution in [3.8, 4) is 33.6 Å². The first kappa shape index (κ1) is 18.1. The van der Waals surface area contributed by atoms with Crippen molar-refractivity contribution in [3.63, 3.8) is 0 Å². The zero-order valence-corrected chi connectivity index (χ0v) is 16.0. The van der Waals surface area contributed by atoms with E-state index in [1.165, 1.54) is 0 Å². The molecule has 0 N–H and O–H groups in total. The smallest absolute Gasteiger partial charge is 0.159 e. The van der Waals surface area contributed by atoms with Crippen LogP contribution in [-0.2, 0) is 18.3 Å². The number of hydrogen-bond donors (Lipinski definition) is 0. The highest BCUT2D eigenvalue weighted by Gasteiger charge is 2.07. The molecule has 0 saturated heterocycles. The van der Waals surface area contributed by atoms with Gasteiger partial charge in [0.1, 0.15) is 0 Å². The topological polar surface area (TPSA) is 70.7 Å². The SMILES string of the molecule is COCCCn1cc(-c2cnc(-c3cccc(-c4cnn(C)c4)c3)nc2)cn1. The fraction of sp³-hybridized carbons (Fsp3) is 0.238.